The van der Waals surface area contributed by atoms with Crippen LogP contribution in [0.3, 0.4) is 0 Å². The van der Waals surface area contributed by atoms with Crippen LogP contribution in [0.25, 0.3) is 0 Å². The molecule has 0 spiro atoms. The molecule has 1 atom stereocenters. The highest BCUT2D eigenvalue weighted by Gasteiger charge is 1.95. The Balaban J connectivity index is -0.000000239. The van der Waals surface area contributed by atoms with Crippen LogP contribution in [-0.4, -0.2) is 0 Å². The van der Waals surface area contributed by atoms with Crippen molar-refractivity contribution in [1.82, 2.24) is 0 Å². The van der Waals surface area contributed by atoms with Crippen molar-refractivity contribution >= 4 is 0 Å². The maximum absolute atomic E-state index is 2.34. The van der Waals surface area contributed by atoms with Crippen LogP contribution in [0.15, 0.2) is 0 Å². The van der Waals surface area contributed by atoms with Crippen LogP contribution in [0.5, 0.6) is 0 Å². The van der Waals surface area contributed by atoms with E-state index in [2.05, 4.69) is 34.6 Å². The number of unbranched alkanes of at least 4 members (excludes halogenated alkanes) is 7. The molecule has 0 aliphatic carbocycles. The molecule has 0 aliphatic rings. The van der Waals surface area contributed by atoms with Gasteiger partial charge in [-0.25, -0.2) is 0 Å². The van der Waals surface area contributed by atoms with Crippen LogP contribution in [0.1, 0.15) is 119 Å². The lowest BCUT2D eigenvalue weighted by Crippen LogP contribution is -1.90. The fourth-order valence-corrected chi connectivity index (χ4v) is 1.80. The first-order valence-electron chi connectivity index (χ1n) is 9.22. The van der Waals surface area contributed by atoms with Gasteiger partial charge in [-0.1, -0.05) is 119 Å². The molecule has 0 saturated carbocycles. The van der Waals surface area contributed by atoms with Crippen molar-refractivity contribution in [2.24, 2.45) is 5.92 Å². The van der Waals surface area contributed by atoms with Gasteiger partial charge in [0.1, 0.15) is 0 Å². The van der Waals surface area contributed by atoms with E-state index in [1.54, 1.807) is 0 Å². The molecule has 0 amide bonds. The normalized spacial score (nSPS) is 10.9. The van der Waals surface area contributed by atoms with E-state index in [0.717, 1.165) is 5.92 Å². The Morgan fingerprint density at radius 3 is 1.26 bits per heavy atom. The van der Waals surface area contributed by atoms with Crippen LogP contribution < -0.4 is 0 Å². The van der Waals surface area contributed by atoms with Gasteiger partial charge in [0.2, 0.25) is 0 Å². The highest BCUT2D eigenvalue weighted by atomic mass is 14.0. The lowest BCUT2D eigenvalue weighted by molar-refractivity contribution is 0.482. The third-order valence-corrected chi connectivity index (χ3v) is 3.45. The molecule has 0 aromatic carbocycles. The minimum atomic E-state index is 0.955. The molecule has 0 aromatic rings. The summed E-state index contributed by atoms with van der Waals surface area (Å²) in [4.78, 5) is 0. The van der Waals surface area contributed by atoms with Gasteiger partial charge in [-0.05, 0) is 5.92 Å². The Hall–Kier alpha value is 0. The summed E-state index contributed by atoms with van der Waals surface area (Å²) >= 11 is 0. The lowest BCUT2D eigenvalue weighted by Gasteiger charge is -2.05. The molecule has 0 aliphatic heterocycles. The fourth-order valence-electron chi connectivity index (χ4n) is 1.80. The smallest absolute Gasteiger partial charge is 0.0445 e. The highest BCUT2D eigenvalue weighted by Crippen LogP contribution is 2.11. The maximum atomic E-state index is 2.34. The zero-order valence-corrected chi connectivity index (χ0v) is 15.4. The molecule has 0 fully saturated rings. The van der Waals surface area contributed by atoms with Gasteiger partial charge in [0, 0.05) is 0 Å². The lowest BCUT2D eigenvalue weighted by atomic mass is 10.0. The van der Waals surface area contributed by atoms with Gasteiger partial charge >= 0.3 is 0 Å². The van der Waals surface area contributed by atoms with E-state index in [1.807, 2.05) is 13.8 Å². The Bertz CT molecular complexity index is 101. The maximum Gasteiger partial charge on any atom is -0.0445 e. The average molecular weight is 273 g/mol. The minimum Gasteiger partial charge on any atom is -0.0683 e. The molecule has 0 aromatic heterocycles. The van der Waals surface area contributed by atoms with E-state index >= 15 is 0 Å². The van der Waals surface area contributed by atoms with Gasteiger partial charge in [-0.2, -0.15) is 0 Å². The van der Waals surface area contributed by atoms with Crippen LogP contribution >= 0.6 is 0 Å². The van der Waals surface area contributed by atoms with E-state index in [0.29, 0.717) is 0 Å². The van der Waals surface area contributed by atoms with Crippen molar-refractivity contribution in [2.75, 3.05) is 0 Å². The van der Waals surface area contributed by atoms with E-state index in [9.17, 15) is 0 Å². The first-order chi connectivity index (χ1) is 9.22. The molecule has 0 rings (SSSR count). The molecular formula is C19H44. The van der Waals surface area contributed by atoms with Crippen LogP contribution in [0.2, 0.25) is 0 Å². The molecule has 0 N–H and O–H groups in total. The summed E-state index contributed by atoms with van der Waals surface area (Å²) in [6.07, 6.45) is 15.5. The van der Waals surface area contributed by atoms with Crippen LogP contribution in [0.4, 0.5) is 0 Å². The quantitative estimate of drug-likeness (QED) is 0.353. The molecule has 0 heterocycles. The largest absolute Gasteiger partial charge is 0.0683 e. The molecule has 0 saturated heterocycles. The Labute approximate surface area is 125 Å². The second kappa shape index (κ2) is 26.5. The van der Waals surface area contributed by atoms with Gasteiger partial charge in [0.15, 0.2) is 0 Å². The van der Waals surface area contributed by atoms with Crippen molar-refractivity contribution in [3.8, 4) is 0 Å². The van der Waals surface area contributed by atoms with Crippen LogP contribution in [0, 0.1) is 5.92 Å². The van der Waals surface area contributed by atoms with Crippen molar-refractivity contribution in [1.29, 1.82) is 0 Å². The minimum absolute atomic E-state index is 0.955. The Morgan fingerprint density at radius 2 is 0.947 bits per heavy atom. The summed E-state index contributed by atoms with van der Waals surface area (Å²) in [6, 6.07) is 0. The van der Waals surface area contributed by atoms with Gasteiger partial charge in [-0.3, -0.25) is 0 Å². The van der Waals surface area contributed by atoms with E-state index in [-0.39, 0.29) is 0 Å². The number of hydrogen-bond acceptors (Lipinski definition) is 0. The summed E-state index contributed by atoms with van der Waals surface area (Å²) in [7, 11) is 0. The summed E-state index contributed by atoms with van der Waals surface area (Å²) in [5.41, 5.74) is 0. The monoisotopic (exact) mass is 272 g/mol. The standard InChI is InChI=1S/C9H20.C8H18.C2H6/c1-4-6-7-8-9(3)5-2;1-3-5-7-8-6-4-2;1-2/h9H,4-8H2,1-3H3;3-8H2,1-2H3;1-2H3. The second-order valence-electron chi connectivity index (χ2n) is 5.42. The molecule has 120 valence electrons. The third kappa shape index (κ3) is 32.0. The van der Waals surface area contributed by atoms with Gasteiger partial charge < -0.3 is 0 Å². The number of hydrogen-bond donors (Lipinski definition) is 0. The molecule has 0 radical (unpaired) electrons. The first kappa shape index (κ1) is 24.0. The Morgan fingerprint density at radius 1 is 0.579 bits per heavy atom. The predicted octanol–water partition coefficient (Wildman–Crippen LogP) is 8.01. The van der Waals surface area contributed by atoms with Crippen molar-refractivity contribution in [2.45, 2.75) is 119 Å². The summed E-state index contributed by atoms with van der Waals surface area (Å²) in [6.45, 7) is 15.4. The zero-order valence-electron chi connectivity index (χ0n) is 15.4. The van der Waals surface area contributed by atoms with E-state index in [1.165, 1.54) is 70.6 Å². The summed E-state index contributed by atoms with van der Waals surface area (Å²) in [5, 5.41) is 0. The third-order valence-electron chi connectivity index (χ3n) is 3.45. The zero-order chi connectivity index (χ0) is 15.4. The fraction of sp³-hybridized carbons (Fsp3) is 1.00. The van der Waals surface area contributed by atoms with Gasteiger partial charge in [-0.15, -0.1) is 0 Å². The molecule has 0 heteroatoms. The summed E-state index contributed by atoms with van der Waals surface area (Å²) < 4.78 is 0. The molecule has 1 unspecified atom stereocenters. The van der Waals surface area contributed by atoms with E-state index < -0.39 is 0 Å². The second-order valence-corrected chi connectivity index (χ2v) is 5.42. The van der Waals surface area contributed by atoms with Crippen molar-refractivity contribution in [3.63, 3.8) is 0 Å². The predicted molar refractivity (Wildman–Crippen MR) is 94.0 cm³/mol. The van der Waals surface area contributed by atoms with Crippen molar-refractivity contribution < 1.29 is 0 Å². The van der Waals surface area contributed by atoms with Crippen LogP contribution in [-0.2, 0) is 0 Å². The first-order valence-corrected chi connectivity index (χ1v) is 9.22. The number of rotatable bonds is 10. The molecule has 0 bridgehead atoms. The van der Waals surface area contributed by atoms with Crippen molar-refractivity contribution in [3.05, 3.63) is 0 Å². The van der Waals surface area contributed by atoms with Gasteiger partial charge in [0.05, 0.1) is 0 Å². The average Bonchev–Trinajstić information content (AvgIpc) is 2.46. The molecule has 0 nitrogen and oxygen atoms in total. The topological polar surface area (TPSA) is 0 Å². The molecule has 19 heavy (non-hydrogen) atoms. The van der Waals surface area contributed by atoms with Gasteiger partial charge in [0.25, 0.3) is 0 Å². The Kier molecular flexibility index (Phi) is 33.6. The SMILES string of the molecule is CC.CCCCCC(C)CC.CCCCCCCC. The summed E-state index contributed by atoms with van der Waals surface area (Å²) in [5.74, 6) is 0.955. The van der Waals surface area contributed by atoms with E-state index in [4.69, 9.17) is 0 Å². The molecular weight excluding hydrogens is 228 g/mol. The highest BCUT2D eigenvalue weighted by molar-refractivity contribution is 4.49.